The van der Waals surface area contributed by atoms with E-state index in [1.807, 2.05) is 12.1 Å². The summed E-state index contributed by atoms with van der Waals surface area (Å²) in [5, 5.41) is 9.13. The van der Waals surface area contributed by atoms with Crippen LogP contribution in [0.2, 0.25) is 0 Å². The molecule has 0 fully saturated rings. The molecule has 0 N–H and O–H groups in total. The van der Waals surface area contributed by atoms with Crippen molar-refractivity contribution in [1.29, 1.82) is 5.26 Å². The molecule has 0 amide bonds. The molecule has 0 atom stereocenters. The van der Waals surface area contributed by atoms with Crippen molar-refractivity contribution in [2.45, 2.75) is 6.18 Å². The smallest absolute Gasteiger partial charge is 0.192 e. The standard InChI is InChI=1S/C16H10F3N/c17-16(18,19)15-8-4-5-12(10-15)9-14(11-20)13-6-2-1-3-7-13/h1-10H/b14-9+. The van der Waals surface area contributed by atoms with Crippen molar-refractivity contribution >= 4 is 11.6 Å². The monoisotopic (exact) mass is 273 g/mol. The molecule has 1 nitrogen and oxygen atoms in total. The number of nitrogens with zero attached hydrogens (tertiary/aromatic N) is 1. The lowest BCUT2D eigenvalue weighted by atomic mass is 10.0. The summed E-state index contributed by atoms with van der Waals surface area (Å²) in [5.74, 6) is 0. The summed E-state index contributed by atoms with van der Waals surface area (Å²) < 4.78 is 37.9. The van der Waals surface area contributed by atoms with E-state index in [9.17, 15) is 13.2 Å². The third kappa shape index (κ3) is 3.27. The van der Waals surface area contributed by atoms with Crippen LogP contribution in [0.25, 0.3) is 11.6 Å². The fourth-order valence-corrected chi connectivity index (χ4v) is 1.77. The zero-order valence-corrected chi connectivity index (χ0v) is 10.4. The highest BCUT2D eigenvalue weighted by molar-refractivity contribution is 5.89. The fourth-order valence-electron chi connectivity index (χ4n) is 1.77. The van der Waals surface area contributed by atoms with Gasteiger partial charge in [0.1, 0.15) is 0 Å². The van der Waals surface area contributed by atoms with Gasteiger partial charge in [-0.3, -0.25) is 0 Å². The van der Waals surface area contributed by atoms with Crippen LogP contribution in [0.3, 0.4) is 0 Å². The molecule has 0 aliphatic heterocycles. The van der Waals surface area contributed by atoms with Crippen LogP contribution >= 0.6 is 0 Å². The molecule has 0 bridgehead atoms. The van der Waals surface area contributed by atoms with Crippen LogP contribution in [0, 0.1) is 11.3 Å². The van der Waals surface area contributed by atoms with Crippen LogP contribution in [-0.4, -0.2) is 0 Å². The van der Waals surface area contributed by atoms with Gasteiger partial charge in [0.15, 0.2) is 0 Å². The van der Waals surface area contributed by atoms with Crippen molar-refractivity contribution < 1.29 is 13.2 Å². The Kier molecular flexibility index (Phi) is 3.90. The van der Waals surface area contributed by atoms with Gasteiger partial charge in [-0.15, -0.1) is 0 Å². The molecule has 0 saturated carbocycles. The van der Waals surface area contributed by atoms with Crippen LogP contribution in [-0.2, 0) is 6.18 Å². The number of allylic oxidation sites excluding steroid dienone is 1. The molecule has 0 aliphatic rings. The average molecular weight is 273 g/mol. The first-order chi connectivity index (χ1) is 9.50. The molecule has 100 valence electrons. The third-order valence-corrected chi connectivity index (χ3v) is 2.73. The van der Waals surface area contributed by atoms with Crippen LogP contribution < -0.4 is 0 Å². The van der Waals surface area contributed by atoms with E-state index in [0.29, 0.717) is 16.7 Å². The van der Waals surface area contributed by atoms with Crippen LogP contribution in [0.15, 0.2) is 54.6 Å². The van der Waals surface area contributed by atoms with Gasteiger partial charge in [-0.25, -0.2) is 0 Å². The molecule has 0 heterocycles. The molecule has 0 saturated heterocycles. The van der Waals surface area contributed by atoms with Crippen molar-refractivity contribution in [3.05, 3.63) is 71.3 Å². The summed E-state index contributed by atoms with van der Waals surface area (Å²) in [6.07, 6.45) is -2.94. The first-order valence-electron chi connectivity index (χ1n) is 5.85. The highest BCUT2D eigenvalue weighted by Gasteiger charge is 2.30. The molecule has 2 aromatic rings. The Labute approximate surface area is 114 Å². The minimum absolute atomic E-state index is 0.324. The molecule has 2 rings (SSSR count). The molecular formula is C16H10F3N. The molecule has 0 aliphatic carbocycles. The van der Waals surface area contributed by atoms with Crippen LogP contribution in [0.1, 0.15) is 16.7 Å². The molecule has 2 aromatic carbocycles. The van der Waals surface area contributed by atoms with Crippen LogP contribution in [0.4, 0.5) is 13.2 Å². The van der Waals surface area contributed by atoms with Crippen LogP contribution in [0.5, 0.6) is 0 Å². The van der Waals surface area contributed by atoms with Gasteiger partial charge in [-0.1, -0.05) is 42.5 Å². The van der Waals surface area contributed by atoms with Crippen molar-refractivity contribution in [3.63, 3.8) is 0 Å². The molecular weight excluding hydrogens is 263 g/mol. The minimum atomic E-state index is -4.39. The molecule has 0 spiro atoms. The largest absolute Gasteiger partial charge is 0.416 e. The Morgan fingerprint density at radius 2 is 1.70 bits per heavy atom. The highest BCUT2D eigenvalue weighted by Crippen LogP contribution is 2.30. The SMILES string of the molecule is N#C/C(=C\c1cccc(C(F)(F)F)c1)c1ccccc1. The number of halogens is 3. The molecule has 0 aromatic heterocycles. The second kappa shape index (κ2) is 5.62. The topological polar surface area (TPSA) is 23.8 Å². The van der Waals surface area contributed by atoms with E-state index in [2.05, 4.69) is 0 Å². The number of hydrogen-bond donors (Lipinski definition) is 0. The van der Waals surface area contributed by atoms with Crippen molar-refractivity contribution in [3.8, 4) is 6.07 Å². The average Bonchev–Trinajstić information content (AvgIpc) is 2.45. The highest BCUT2D eigenvalue weighted by atomic mass is 19.4. The Balaban J connectivity index is 2.42. The van der Waals surface area contributed by atoms with E-state index in [1.165, 1.54) is 18.2 Å². The minimum Gasteiger partial charge on any atom is -0.192 e. The predicted molar refractivity (Wildman–Crippen MR) is 71.4 cm³/mol. The van der Waals surface area contributed by atoms with Crippen molar-refractivity contribution in [2.75, 3.05) is 0 Å². The van der Waals surface area contributed by atoms with E-state index >= 15 is 0 Å². The number of benzene rings is 2. The number of hydrogen-bond acceptors (Lipinski definition) is 1. The fraction of sp³-hybridized carbons (Fsp3) is 0.0625. The second-order valence-corrected chi connectivity index (χ2v) is 4.16. The Bertz CT molecular complexity index is 664. The molecule has 0 radical (unpaired) electrons. The van der Waals surface area contributed by atoms with E-state index in [4.69, 9.17) is 5.26 Å². The van der Waals surface area contributed by atoms with E-state index in [0.717, 1.165) is 12.1 Å². The summed E-state index contributed by atoms with van der Waals surface area (Å²) in [6, 6.07) is 15.7. The van der Waals surface area contributed by atoms with Gasteiger partial charge < -0.3 is 0 Å². The van der Waals surface area contributed by atoms with Gasteiger partial charge in [0.25, 0.3) is 0 Å². The van der Waals surface area contributed by atoms with Gasteiger partial charge in [0.05, 0.1) is 17.2 Å². The van der Waals surface area contributed by atoms with Gasteiger partial charge in [0, 0.05) is 0 Å². The summed E-state index contributed by atoms with van der Waals surface area (Å²) in [6.45, 7) is 0. The first-order valence-corrected chi connectivity index (χ1v) is 5.85. The zero-order valence-electron chi connectivity index (χ0n) is 10.4. The quantitative estimate of drug-likeness (QED) is 0.571. The molecule has 0 unspecified atom stereocenters. The van der Waals surface area contributed by atoms with Gasteiger partial charge in [-0.2, -0.15) is 18.4 Å². The van der Waals surface area contributed by atoms with E-state index in [1.54, 1.807) is 24.3 Å². The number of nitriles is 1. The van der Waals surface area contributed by atoms with Gasteiger partial charge in [-0.05, 0) is 29.3 Å². The normalized spacial score (nSPS) is 12.0. The summed E-state index contributed by atoms with van der Waals surface area (Å²) in [5.41, 5.74) is 0.620. The summed E-state index contributed by atoms with van der Waals surface area (Å²) in [7, 11) is 0. The first kappa shape index (κ1) is 13.9. The van der Waals surface area contributed by atoms with Gasteiger partial charge in [0.2, 0.25) is 0 Å². The maximum atomic E-state index is 12.6. The zero-order chi connectivity index (χ0) is 14.6. The Morgan fingerprint density at radius 1 is 1.00 bits per heavy atom. The maximum Gasteiger partial charge on any atom is 0.416 e. The Hall–Kier alpha value is -2.54. The van der Waals surface area contributed by atoms with Crippen molar-refractivity contribution in [1.82, 2.24) is 0 Å². The van der Waals surface area contributed by atoms with E-state index < -0.39 is 11.7 Å². The van der Waals surface area contributed by atoms with Crippen molar-refractivity contribution in [2.24, 2.45) is 0 Å². The lowest BCUT2D eigenvalue weighted by Crippen LogP contribution is -2.04. The lowest BCUT2D eigenvalue weighted by molar-refractivity contribution is -0.137. The second-order valence-electron chi connectivity index (χ2n) is 4.16. The molecule has 4 heteroatoms. The maximum absolute atomic E-state index is 12.6. The summed E-state index contributed by atoms with van der Waals surface area (Å²) in [4.78, 5) is 0. The molecule has 20 heavy (non-hydrogen) atoms. The summed E-state index contributed by atoms with van der Waals surface area (Å²) >= 11 is 0. The van der Waals surface area contributed by atoms with Gasteiger partial charge >= 0.3 is 6.18 Å². The third-order valence-electron chi connectivity index (χ3n) is 2.73. The predicted octanol–water partition coefficient (Wildman–Crippen LogP) is 4.77. The lowest BCUT2D eigenvalue weighted by Gasteiger charge is -2.07. The number of alkyl halides is 3. The van der Waals surface area contributed by atoms with E-state index in [-0.39, 0.29) is 0 Å². The number of rotatable bonds is 2. The Morgan fingerprint density at radius 3 is 2.30 bits per heavy atom.